The van der Waals surface area contributed by atoms with Crippen LogP contribution < -0.4 is 5.32 Å². The van der Waals surface area contributed by atoms with Crippen molar-refractivity contribution in [2.24, 2.45) is 5.92 Å². The molecule has 1 N–H and O–H groups in total. The zero-order valence-electron chi connectivity index (χ0n) is 12.9. The summed E-state index contributed by atoms with van der Waals surface area (Å²) in [6.45, 7) is 4.83. The van der Waals surface area contributed by atoms with Crippen LogP contribution in [0.4, 0.5) is 0 Å². The maximum Gasteiger partial charge on any atom is 0.246 e. The third kappa shape index (κ3) is 3.15. The Kier molecular flexibility index (Phi) is 5.44. The predicted molar refractivity (Wildman–Crippen MR) is 79.2 cm³/mol. The largest absolute Gasteiger partial charge is 0.342 e. The summed E-state index contributed by atoms with van der Waals surface area (Å²) in [5.74, 6) is 0.567. The lowest BCUT2D eigenvalue weighted by Crippen LogP contribution is -2.65. The summed E-state index contributed by atoms with van der Waals surface area (Å²) >= 11 is 0. The van der Waals surface area contributed by atoms with Gasteiger partial charge in [-0.2, -0.15) is 0 Å². The van der Waals surface area contributed by atoms with Gasteiger partial charge in [0.25, 0.3) is 0 Å². The molecule has 0 radical (unpaired) electrons. The molecule has 4 heteroatoms. The van der Waals surface area contributed by atoms with Gasteiger partial charge < -0.3 is 10.2 Å². The molecule has 20 heavy (non-hydrogen) atoms. The molecule has 1 aliphatic heterocycles. The maximum absolute atomic E-state index is 12.8. The zero-order valence-corrected chi connectivity index (χ0v) is 12.9. The smallest absolute Gasteiger partial charge is 0.246 e. The van der Waals surface area contributed by atoms with Gasteiger partial charge in [-0.1, -0.05) is 39.5 Å². The number of hydrogen-bond acceptors (Lipinski definition) is 2. The minimum absolute atomic E-state index is 0.0544. The van der Waals surface area contributed by atoms with Gasteiger partial charge in [0.05, 0.1) is 0 Å². The third-order valence-corrected chi connectivity index (χ3v) is 4.79. The fourth-order valence-electron chi connectivity index (χ4n) is 3.57. The molecule has 2 atom stereocenters. The van der Waals surface area contributed by atoms with Crippen molar-refractivity contribution in [2.45, 2.75) is 77.3 Å². The number of nitrogens with one attached hydrogen (secondary N) is 1. The number of nitrogens with zero attached hydrogens (tertiary/aromatic N) is 1. The van der Waals surface area contributed by atoms with Crippen molar-refractivity contribution in [3.63, 3.8) is 0 Å². The molecule has 0 aromatic carbocycles. The molecule has 114 valence electrons. The molecule has 2 fully saturated rings. The highest BCUT2D eigenvalue weighted by Crippen LogP contribution is 2.29. The molecular weight excluding hydrogens is 252 g/mol. The Morgan fingerprint density at radius 1 is 1.15 bits per heavy atom. The van der Waals surface area contributed by atoms with E-state index in [0.717, 1.165) is 32.2 Å². The molecule has 0 spiro atoms. The number of piperazine rings is 1. The first-order valence-corrected chi connectivity index (χ1v) is 8.29. The quantitative estimate of drug-likeness (QED) is 0.841. The van der Waals surface area contributed by atoms with Crippen LogP contribution in [0.2, 0.25) is 0 Å². The zero-order chi connectivity index (χ0) is 14.5. The number of rotatable bonds is 5. The van der Waals surface area contributed by atoms with Crippen LogP contribution in [0.25, 0.3) is 0 Å². The summed E-state index contributed by atoms with van der Waals surface area (Å²) in [4.78, 5) is 26.9. The second-order valence-corrected chi connectivity index (χ2v) is 6.19. The van der Waals surface area contributed by atoms with E-state index in [4.69, 9.17) is 0 Å². The minimum Gasteiger partial charge on any atom is -0.342 e. The fraction of sp³-hybridized carbons (Fsp3) is 0.875. The lowest BCUT2D eigenvalue weighted by molar-refractivity contribution is -0.151. The van der Waals surface area contributed by atoms with Gasteiger partial charge in [0.1, 0.15) is 12.1 Å². The van der Waals surface area contributed by atoms with Gasteiger partial charge >= 0.3 is 0 Å². The Hall–Kier alpha value is -1.06. The van der Waals surface area contributed by atoms with Gasteiger partial charge in [0.2, 0.25) is 11.8 Å². The van der Waals surface area contributed by atoms with E-state index < -0.39 is 0 Å². The molecule has 0 aromatic rings. The van der Waals surface area contributed by atoms with E-state index in [1.54, 1.807) is 0 Å². The lowest BCUT2D eigenvalue weighted by atomic mass is 9.82. The second kappa shape index (κ2) is 7.09. The average Bonchev–Trinajstić information content (AvgIpc) is 2.48. The summed E-state index contributed by atoms with van der Waals surface area (Å²) in [5, 5.41) is 3.01. The highest BCUT2D eigenvalue weighted by atomic mass is 16.2. The van der Waals surface area contributed by atoms with Crippen LogP contribution in [0.15, 0.2) is 0 Å². The Bertz CT molecular complexity index is 346. The Labute approximate surface area is 122 Å². The summed E-state index contributed by atoms with van der Waals surface area (Å²) < 4.78 is 0. The van der Waals surface area contributed by atoms with Crippen molar-refractivity contribution < 1.29 is 9.59 Å². The monoisotopic (exact) mass is 280 g/mol. The van der Waals surface area contributed by atoms with Gasteiger partial charge in [0.15, 0.2) is 0 Å². The Morgan fingerprint density at radius 3 is 2.45 bits per heavy atom. The molecule has 0 aromatic heterocycles. The summed E-state index contributed by atoms with van der Waals surface area (Å²) in [6.07, 6.45) is 8.54. The first-order chi connectivity index (χ1) is 9.69. The minimum atomic E-state index is -0.262. The number of hydrogen-bond donors (Lipinski definition) is 1. The Morgan fingerprint density at radius 2 is 1.85 bits per heavy atom. The predicted octanol–water partition coefficient (Wildman–Crippen LogP) is 2.47. The average molecular weight is 280 g/mol. The van der Waals surface area contributed by atoms with Crippen molar-refractivity contribution in [2.75, 3.05) is 6.54 Å². The standard InChI is InChI=1S/C16H28N2O2/c1-3-5-11-18-13(4-2)15(19)17-14(16(18)20)12-9-7-6-8-10-12/h12-14H,3-11H2,1-2H3,(H,17,19). The van der Waals surface area contributed by atoms with E-state index >= 15 is 0 Å². The number of carbonyl (C=O) groups excluding carboxylic acids is 2. The van der Waals surface area contributed by atoms with E-state index in [2.05, 4.69) is 12.2 Å². The van der Waals surface area contributed by atoms with Crippen LogP contribution in [0, 0.1) is 5.92 Å². The molecule has 2 amide bonds. The number of amides is 2. The summed E-state index contributed by atoms with van der Waals surface area (Å²) in [7, 11) is 0. The molecule has 2 aliphatic rings. The van der Waals surface area contributed by atoms with Gasteiger partial charge in [-0.15, -0.1) is 0 Å². The van der Waals surface area contributed by atoms with Gasteiger partial charge in [0, 0.05) is 6.54 Å². The van der Waals surface area contributed by atoms with Crippen LogP contribution in [0.1, 0.15) is 65.2 Å². The van der Waals surface area contributed by atoms with Crippen molar-refractivity contribution in [3.8, 4) is 0 Å². The summed E-state index contributed by atoms with van der Waals surface area (Å²) in [5.41, 5.74) is 0. The SMILES string of the molecule is CCCCN1C(=O)C(C2CCCCC2)NC(=O)C1CC. The first-order valence-electron chi connectivity index (χ1n) is 8.29. The van der Waals surface area contributed by atoms with Crippen molar-refractivity contribution in [1.29, 1.82) is 0 Å². The van der Waals surface area contributed by atoms with Gasteiger partial charge in [-0.3, -0.25) is 9.59 Å². The van der Waals surface area contributed by atoms with Crippen LogP contribution in [0.3, 0.4) is 0 Å². The molecule has 4 nitrogen and oxygen atoms in total. The molecular formula is C16H28N2O2. The van der Waals surface area contributed by atoms with Crippen LogP contribution in [-0.2, 0) is 9.59 Å². The van der Waals surface area contributed by atoms with E-state index in [9.17, 15) is 9.59 Å². The normalized spacial score (nSPS) is 28.6. The molecule has 2 rings (SSSR count). The Balaban J connectivity index is 2.10. The summed E-state index contributed by atoms with van der Waals surface area (Å²) in [6, 6.07) is -0.517. The van der Waals surface area contributed by atoms with Crippen molar-refractivity contribution in [3.05, 3.63) is 0 Å². The molecule has 0 bridgehead atoms. The molecule has 1 aliphatic carbocycles. The molecule has 1 saturated carbocycles. The van der Waals surface area contributed by atoms with Crippen molar-refractivity contribution >= 4 is 11.8 Å². The highest BCUT2D eigenvalue weighted by Gasteiger charge is 2.42. The number of carbonyl (C=O) groups is 2. The van der Waals surface area contributed by atoms with E-state index in [1.165, 1.54) is 19.3 Å². The van der Waals surface area contributed by atoms with Crippen LogP contribution in [-0.4, -0.2) is 35.3 Å². The van der Waals surface area contributed by atoms with Crippen LogP contribution in [0.5, 0.6) is 0 Å². The molecule has 2 unspecified atom stereocenters. The number of unbranched alkanes of at least 4 members (excludes halogenated alkanes) is 1. The molecule has 1 saturated heterocycles. The van der Waals surface area contributed by atoms with E-state index in [0.29, 0.717) is 12.3 Å². The third-order valence-electron chi connectivity index (χ3n) is 4.79. The van der Waals surface area contributed by atoms with Gasteiger partial charge in [-0.05, 0) is 31.6 Å². The van der Waals surface area contributed by atoms with Gasteiger partial charge in [-0.25, -0.2) is 0 Å². The molecule has 1 heterocycles. The fourth-order valence-corrected chi connectivity index (χ4v) is 3.57. The lowest BCUT2D eigenvalue weighted by Gasteiger charge is -2.42. The van der Waals surface area contributed by atoms with Crippen LogP contribution >= 0.6 is 0 Å². The topological polar surface area (TPSA) is 49.4 Å². The maximum atomic E-state index is 12.8. The highest BCUT2D eigenvalue weighted by molar-refractivity contribution is 5.97. The second-order valence-electron chi connectivity index (χ2n) is 6.19. The first kappa shape index (κ1) is 15.3. The van der Waals surface area contributed by atoms with Crippen molar-refractivity contribution in [1.82, 2.24) is 10.2 Å². The van der Waals surface area contributed by atoms with E-state index in [-0.39, 0.29) is 23.9 Å². The van der Waals surface area contributed by atoms with E-state index in [1.807, 2.05) is 11.8 Å².